The molecule has 0 amide bonds. The maximum atomic E-state index is 10.5. The normalized spacial score (nSPS) is 17.8. The van der Waals surface area contributed by atoms with E-state index in [1.54, 1.807) is 12.1 Å². The topological polar surface area (TPSA) is 58.9 Å². The van der Waals surface area contributed by atoms with E-state index in [9.17, 15) is 10.2 Å². The molecule has 0 aliphatic heterocycles. The standard InChI is InChI=1S/C15H21ClO4/c1-19-13-8-12(16)7-11(9-17)14(13)20-10-15(18)5-3-2-4-6-15/h7-8,17-18H,2-6,9-10H2,1H3. The second-order valence-corrected chi connectivity index (χ2v) is 5.76. The van der Waals surface area contributed by atoms with Crippen LogP contribution in [0.1, 0.15) is 37.7 Å². The van der Waals surface area contributed by atoms with Gasteiger partial charge in [-0.05, 0) is 18.9 Å². The Balaban J connectivity index is 2.15. The van der Waals surface area contributed by atoms with Crippen molar-refractivity contribution in [2.45, 2.75) is 44.3 Å². The van der Waals surface area contributed by atoms with Crippen LogP contribution < -0.4 is 9.47 Å². The molecule has 0 aromatic heterocycles. The third kappa shape index (κ3) is 3.57. The molecule has 0 spiro atoms. The van der Waals surface area contributed by atoms with Crippen molar-refractivity contribution in [1.82, 2.24) is 0 Å². The third-order valence-electron chi connectivity index (χ3n) is 3.76. The van der Waals surface area contributed by atoms with E-state index in [1.165, 1.54) is 7.11 Å². The Hall–Kier alpha value is -0.970. The molecule has 0 unspecified atom stereocenters. The second kappa shape index (κ2) is 6.66. The molecule has 0 heterocycles. The highest BCUT2D eigenvalue weighted by molar-refractivity contribution is 6.30. The van der Waals surface area contributed by atoms with E-state index in [1.807, 2.05) is 0 Å². The molecule has 20 heavy (non-hydrogen) atoms. The number of hydrogen-bond acceptors (Lipinski definition) is 4. The van der Waals surface area contributed by atoms with Gasteiger partial charge in [-0.15, -0.1) is 0 Å². The Labute approximate surface area is 124 Å². The Morgan fingerprint density at radius 3 is 2.55 bits per heavy atom. The van der Waals surface area contributed by atoms with Crippen LogP contribution in [0, 0.1) is 0 Å². The Kier molecular flexibility index (Phi) is 5.13. The summed E-state index contributed by atoms with van der Waals surface area (Å²) in [6.45, 7) is 0.0165. The van der Waals surface area contributed by atoms with Gasteiger partial charge in [-0.2, -0.15) is 0 Å². The summed E-state index contributed by atoms with van der Waals surface area (Å²) in [5.41, 5.74) is -0.218. The van der Waals surface area contributed by atoms with Crippen molar-refractivity contribution in [3.05, 3.63) is 22.7 Å². The Morgan fingerprint density at radius 2 is 1.95 bits per heavy atom. The first kappa shape index (κ1) is 15.4. The number of hydrogen-bond donors (Lipinski definition) is 2. The zero-order valence-electron chi connectivity index (χ0n) is 11.7. The fraction of sp³-hybridized carbons (Fsp3) is 0.600. The van der Waals surface area contributed by atoms with Gasteiger partial charge in [0.15, 0.2) is 11.5 Å². The third-order valence-corrected chi connectivity index (χ3v) is 3.97. The number of benzene rings is 1. The zero-order valence-corrected chi connectivity index (χ0v) is 12.4. The van der Waals surface area contributed by atoms with E-state index >= 15 is 0 Å². The fourth-order valence-corrected chi connectivity index (χ4v) is 2.85. The van der Waals surface area contributed by atoms with Crippen LogP contribution in [-0.4, -0.2) is 29.5 Å². The molecule has 2 rings (SSSR count). The SMILES string of the molecule is COc1cc(Cl)cc(CO)c1OCC1(O)CCCCC1. The lowest BCUT2D eigenvalue weighted by Gasteiger charge is -2.32. The predicted octanol–water partition coefficient (Wildman–Crippen LogP) is 2.91. The van der Waals surface area contributed by atoms with E-state index in [-0.39, 0.29) is 13.2 Å². The Bertz CT molecular complexity index is 430. The summed E-state index contributed by atoms with van der Waals surface area (Å²) in [7, 11) is 1.52. The summed E-state index contributed by atoms with van der Waals surface area (Å²) in [5.74, 6) is 0.930. The van der Waals surface area contributed by atoms with Gasteiger partial charge in [0.05, 0.1) is 19.3 Å². The summed E-state index contributed by atoms with van der Waals surface area (Å²) in [6, 6.07) is 3.28. The number of rotatable bonds is 5. The Morgan fingerprint density at radius 1 is 1.25 bits per heavy atom. The molecule has 112 valence electrons. The number of methoxy groups -OCH3 is 1. The molecule has 1 aromatic carbocycles. The molecule has 1 fully saturated rings. The molecule has 0 saturated heterocycles. The average molecular weight is 301 g/mol. The van der Waals surface area contributed by atoms with Crippen molar-refractivity contribution in [3.63, 3.8) is 0 Å². The van der Waals surface area contributed by atoms with Crippen molar-refractivity contribution < 1.29 is 19.7 Å². The summed E-state index contributed by atoms with van der Waals surface area (Å²) < 4.78 is 11.0. The zero-order chi connectivity index (χ0) is 14.6. The van der Waals surface area contributed by atoms with Crippen molar-refractivity contribution >= 4 is 11.6 Å². The van der Waals surface area contributed by atoms with Crippen LogP contribution in [0.5, 0.6) is 11.5 Å². The van der Waals surface area contributed by atoms with E-state index in [4.69, 9.17) is 21.1 Å². The van der Waals surface area contributed by atoms with Gasteiger partial charge in [0.25, 0.3) is 0 Å². The summed E-state index contributed by atoms with van der Waals surface area (Å²) in [5, 5.41) is 20.3. The quantitative estimate of drug-likeness (QED) is 0.878. The molecule has 2 N–H and O–H groups in total. The van der Waals surface area contributed by atoms with Crippen molar-refractivity contribution in [2.24, 2.45) is 0 Å². The van der Waals surface area contributed by atoms with Crippen molar-refractivity contribution in [3.8, 4) is 11.5 Å². The van der Waals surface area contributed by atoms with Crippen LogP contribution in [0.15, 0.2) is 12.1 Å². The molecule has 1 aromatic rings. The first-order valence-corrected chi connectivity index (χ1v) is 7.28. The summed E-state index contributed by atoms with van der Waals surface area (Å²) in [4.78, 5) is 0. The van der Waals surface area contributed by atoms with E-state index in [0.717, 1.165) is 32.1 Å². The van der Waals surface area contributed by atoms with Crippen LogP contribution in [0.4, 0.5) is 0 Å². The minimum atomic E-state index is -0.782. The van der Waals surface area contributed by atoms with Crippen LogP contribution >= 0.6 is 11.6 Å². The van der Waals surface area contributed by atoms with Gasteiger partial charge < -0.3 is 19.7 Å². The highest BCUT2D eigenvalue weighted by Crippen LogP contribution is 2.36. The first-order valence-electron chi connectivity index (χ1n) is 6.90. The van der Waals surface area contributed by atoms with Gasteiger partial charge in [-0.25, -0.2) is 0 Å². The van der Waals surface area contributed by atoms with Gasteiger partial charge in [-0.3, -0.25) is 0 Å². The minimum absolute atomic E-state index is 0.190. The number of ether oxygens (including phenoxy) is 2. The van der Waals surface area contributed by atoms with Crippen molar-refractivity contribution in [2.75, 3.05) is 13.7 Å². The average Bonchev–Trinajstić information content (AvgIpc) is 2.45. The largest absolute Gasteiger partial charge is 0.493 e. The molecule has 1 saturated carbocycles. The first-order chi connectivity index (χ1) is 9.58. The van der Waals surface area contributed by atoms with Gasteiger partial charge in [0.1, 0.15) is 6.61 Å². The smallest absolute Gasteiger partial charge is 0.166 e. The van der Waals surface area contributed by atoms with Gasteiger partial charge >= 0.3 is 0 Å². The van der Waals surface area contributed by atoms with Gasteiger partial charge in [0, 0.05) is 16.7 Å². The predicted molar refractivity (Wildman–Crippen MR) is 77.5 cm³/mol. The van der Waals surface area contributed by atoms with Crippen LogP contribution in [-0.2, 0) is 6.61 Å². The lowest BCUT2D eigenvalue weighted by atomic mass is 9.85. The highest BCUT2D eigenvalue weighted by atomic mass is 35.5. The maximum absolute atomic E-state index is 10.5. The van der Waals surface area contributed by atoms with Crippen LogP contribution in [0.3, 0.4) is 0 Å². The molecule has 4 nitrogen and oxygen atoms in total. The lowest BCUT2D eigenvalue weighted by Crippen LogP contribution is -2.38. The van der Waals surface area contributed by atoms with E-state index in [2.05, 4.69) is 0 Å². The highest BCUT2D eigenvalue weighted by Gasteiger charge is 2.30. The lowest BCUT2D eigenvalue weighted by molar-refractivity contribution is -0.0348. The van der Waals surface area contributed by atoms with E-state index < -0.39 is 5.60 Å². The van der Waals surface area contributed by atoms with Gasteiger partial charge in [0.2, 0.25) is 0 Å². The molecule has 1 aliphatic rings. The van der Waals surface area contributed by atoms with Crippen LogP contribution in [0.2, 0.25) is 5.02 Å². The van der Waals surface area contributed by atoms with Crippen molar-refractivity contribution in [1.29, 1.82) is 0 Å². The second-order valence-electron chi connectivity index (χ2n) is 5.33. The number of halogens is 1. The molecule has 1 aliphatic carbocycles. The molecular weight excluding hydrogens is 280 g/mol. The number of aliphatic hydroxyl groups is 2. The maximum Gasteiger partial charge on any atom is 0.166 e. The molecule has 5 heteroatoms. The molecular formula is C15H21ClO4. The monoisotopic (exact) mass is 300 g/mol. The van der Waals surface area contributed by atoms with E-state index in [0.29, 0.717) is 22.1 Å². The number of aliphatic hydroxyl groups excluding tert-OH is 1. The molecule has 0 atom stereocenters. The summed E-state index contributed by atoms with van der Waals surface area (Å²) in [6.07, 6.45) is 4.69. The molecule has 0 bridgehead atoms. The minimum Gasteiger partial charge on any atom is -0.493 e. The van der Waals surface area contributed by atoms with Gasteiger partial charge in [-0.1, -0.05) is 30.9 Å². The fourth-order valence-electron chi connectivity index (χ4n) is 2.62. The molecule has 0 radical (unpaired) electrons. The van der Waals surface area contributed by atoms with Crippen LogP contribution in [0.25, 0.3) is 0 Å². The summed E-state index contributed by atoms with van der Waals surface area (Å²) >= 11 is 5.96.